The van der Waals surface area contributed by atoms with Crippen LogP contribution in [0.5, 0.6) is 0 Å². The van der Waals surface area contributed by atoms with Crippen LogP contribution in [-0.2, 0) is 12.2 Å². The maximum Gasteiger partial charge on any atom is 0.255 e. The minimum Gasteiger partial charge on any atom is -0.301 e. The van der Waals surface area contributed by atoms with Crippen molar-refractivity contribution >= 4 is 23.4 Å². The Kier molecular flexibility index (Phi) is 7.36. The highest BCUT2D eigenvalue weighted by Crippen LogP contribution is 2.32. The van der Waals surface area contributed by atoms with E-state index in [2.05, 4.69) is 15.2 Å². The summed E-state index contributed by atoms with van der Waals surface area (Å²) in [5, 5.41) is 8.34. The molecular weight excluding hydrogens is 447 g/mol. The number of rotatable bonds is 7. The minimum absolute atomic E-state index is 0.0524. The van der Waals surface area contributed by atoms with Crippen LogP contribution in [0.15, 0.2) is 34.2 Å². The summed E-state index contributed by atoms with van der Waals surface area (Å²) in [6, 6.07) is 6.10. The van der Waals surface area contributed by atoms with Crippen LogP contribution in [0.4, 0.5) is 4.39 Å². The van der Waals surface area contributed by atoms with Crippen molar-refractivity contribution in [3.8, 4) is 11.3 Å². The molecular formula is C24H28ClFN4OS. The molecule has 0 bridgehead atoms. The molecule has 3 aromatic rings. The molecule has 1 aliphatic carbocycles. The fraction of sp³-hybridized carbons (Fsp3) is 0.458. The number of halogens is 2. The predicted molar refractivity (Wildman–Crippen MR) is 128 cm³/mol. The summed E-state index contributed by atoms with van der Waals surface area (Å²) in [6.45, 7) is 4.09. The lowest BCUT2D eigenvalue weighted by atomic mass is 9.84. The fourth-order valence-corrected chi connectivity index (χ4v) is 5.56. The SMILES string of the molecule is CC(C)c1c(CC2CCCCC2)nc(SCc2n[nH]c(-c3ccc(F)cc3)c2Cl)[nH]c1=O. The summed E-state index contributed by atoms with van der Waals surface area (Å²) in [5.74, 6) is 0.892. The molecule has 5 nitrogen and oxygen atoms in total. The Morgan fingerprint density at radius 2 is 1.88 bits per heavy atom. The zero-order valence-electron chi connectivity index (χ0n) is 18.4. The number of thioether (sulfide) groups is 1. The van der Waals surface area contributed by atoms with Crippen molar-refractivity contribution in [1.29, 1.82) is 0 Å². The van der Waals surface area contributed by atoms with E-state index < -0.39 is 0 Å². The number of hydrogen-bond donors (Lipinski definition) is 2. The molecule has 0 amide bonds. The minimum atomic E-state index is -0.302. The van der Waals surface area contributed by atoms with Crippen molar-refractivity contribution in [2.75, 3.05) is 0 Å². The molecule has 0 saturated heterocycles. The number of hydrogen-bond acceptors (Lipinski definition) is 4. The average molecular weight is 475 g/mol. The highest BCUT2D eigenvalue weighted by molar-refractivity contribution is 7.98. The molecule has 170 valence electrons. The van der Waals surface area contributed by atoms with E-state index in [1.807, 2.05) is 13.8 Å². The van der Waals surface area contributed by atoms with Crippen molar-refractivity contribution < 1.29 is 4.39 Å². The van der Waals surface area contributed by atoms with E-state index in [9.17, 15) is 9.18 Å². The van der Waals surface area contributed by atoms with E-state index in [0.717, 1.165) is 23.2 Å². The van der Waals surface area contributed by atoms with Gasteiger partial charge in [-0.1, -0.05) is 69.3 Å². The van der Waals surface area contributed by atoms with Crippen LogP contribution in [0.3, 0.4) is 0 Å². The molecule has 0 aliphatic heterocycles. The molecule has 0 spiro atoms. The van der Waals surface area contributed by atoms with E-state index in [-0.39, 0.29) is 17.3 Å². The van der Waals surface area contributed by atoms with Gasteiger partial charge < -0.3 is 4.98 Å². The Morgan fingerprint density at radius 1 is 1.16 bits per heavy atom. The Morgan fingerprint density at radius 3 is 2.56 bits per heavy atom. The molecule has 0 atom stereocenters. The first-order valence-electron chi connectivity index (χ1n) is 11.2. The normalized spacial score (nSPS) is 14.9. The standard InChI is InChI=1S/C24H28ClFN4OS/c1-14(2)20-18(12-15-6-4-3-5-7-15)27-24(28-23(20)31)32-13-19-21(25)22(30-29-19)16-8-10-17(26)11-9-16/h8-11,14-15H,3-7,12-13H2,1-2H3,(H,29,30)(H,27,28,31). The van der Waals surface area contributed by atoms with Gasteiger partial charge in [-0.25, -0.2) is 9.37 Å². The van der Waals surface area contributed by atoms with Gasteiger partial charge in [0.15, 0.2) is 5.16 Å². The van der Waals surface area contributed by atoms with Gasteiger partial charge in [0.25, 0.3) is 5.56 Å². The van der Waals surface area contributed by atoms with Gasteiger partial charge in [-0.2, -0.15) is 5.10 Å². The van der Waals surface area contributed by atoms with Crippen molar-refractivity contribution in [3.63, 3.8) is 0 Å². The maximum atomic E-state index is 13.2. The predicted octanol–water partition coefficient (Wildman–Crippen LogP) is 6.49. The molecule has 2 N–H and O–H groups in total. The van der Waals surface area contributed by atoms with Crippen LogP contribution in [0.2, 0.25) is 5.02 Å². The van der Waals surface area contributed by atoms with Gasteiger partial charge in [-0.3, -0.25) is 9.89 Å². The summed E-state index contributed by atoms with van der Waals surface area (Å²) >= 11 is 7.95. The van der Waals surface area contributed by atoms with Crippen LogP contribution in [-0.4, -0.2) is 20.2 Å². The molecule has 1 fully saturated rings. The van der Waals surface area contributed by atoms with Gasteiger partial charge >= 0.3 is 0 Å². The van der Waals surface area contributed by atoms with Gasteiger partial charge in [-0.15, -0.1) is 0 Å². The second kappa shape index (κ2) is 10.2. The van der Waals surface area contributed by atoms with Gasteiger partial charge in [0.05, 0.1) is 22.1 Å². The highest BCUT2D eigenvalue weighted by Gasteiger charge is 2.21. The van der Waals surface area contributed by atoms with Crippen molar-refractivity contribution in [2.45, 2.75) is 69.2 Å². The van der Waals surface area contributed by atoms with Crippen molar-refractivity contribution in [1.82, 2.24) is 20.2 Å². The van der Waals surface area contributed by atoms with Crippen LogP contribution in [0.1, 0.15) is 68.8 Å². The third-order valence-corrected chi connectivity index (χ3v) is 7.34. The van der Waals surface area contributed by atoms with Gasteiger partial charge in [0.1, 0.15) is 5.82 Å². The zero-order valence-corrected chi connectivity index (χ0v) is 20.0. The van der Waals surface area contributed by atoms with Crippen LogP contribution < -0.4 is 5.56 Å². The van der Waals surface area contributed by atoms with E-state index in [4.69, 9.17) is 16.6 Å². The highest BCUT2D eigenvalue weighted by atomic mass is 35.5. The first-order valence-corrected chi connectivity index (χ1v) is 12.5. The smallest absolute Gasteiger partial charge is 0.255 e. The molecule has 0 radical (unpaired) electrons. The molecule has 1 saturated carbocycles. The summed E-state index contributed by atoms with van der Waals surface area (Å²) in [5.41, 5.74) is 3.76. The topological polar surface area (TPSA) is 74.4 Å². The summed E-state index contributed by atoms with van der Waals surface area (Å²) in [6.07, 6.45) is 7.12. The summed E-state index contributed by atoms with van der Waals surface area (Å²) in [7, 11) is 0. The van der Waals surface area contributed by atoms with Crippen molar-refractivity contribution in [2.24, 2.45) is 5.92 Å². The third-order valence-electron chi connectivity index (χ3n) is 6.05. The first kappa shape index (κ1) is 23.1. The van der Waals surface area contributed by atoms with E-state index >= 15 is 0 Å². The molecule has 2 aromatic heterocycles. The lowest BCUT2D eigenvalue weighted by Crippen LogP contribution is -2.22. The number of nitrogens with one attached hydrogen (secondary N) is 2. The molecule has 2 heterocycles. The second-order valence-corrected chi connectivity index (χ2v) is 10.1. The number of H-pyrrole nitrogens is 2. The molecule has 1 aliphatic rings. The Balaban J connectivity index is 1.53. The Labute approximate surface area is 196 Å². The fourth-order valence-electron chi connectivity index (χ4n) is 4.40. The average Bonchev–Trinajstić information content (AvgIpc) is 3.13. The van der Waals surface area contributed by atoms with Crippen LogP contribution in [0.25, 0.3) is 11.3 Å². The van der Waals surface area contributed by atoms with Gasteiger partial charge in [0, 0.05) is 16.9 Å². The second-order valence-electron chi connectivity index (χ2n) is 8.75. The molecule has 32 heavy (non-hydrogen) atoms. The quantitative estimate of drug-likeness (QED) is 0.303. The van der Waals surface area contributed by atoms with Crippen LogP contribution in [0, 0.1) is 11.7 Å². The molecule has 8 heteroatoms. The monoisotopic (exact) mass is 474 g/mol. The van der Waals surface area contributed by atoms with E-state index in [0.29, 0.717) is 33.2 Å². The third kappa shape index (κ3) is 5.26. The maximum absolute atomic E-state index is 13.2. The number of aromatic amines is 2. The van der Waals surface area contributed by atoms with Gasteiger partial charge in [-0.05, 0) is 42.5 Å². The zero-order chi connectivity index (χ0) is 22.7. The van der Waals surface area contributed by atoms with E-state index in [1.165, 1.54) is 56.0 Å². The Hall–Kier alpha value is -2.12. The number of benzene rings is 1. The first-order chi connectivity index (χ1) is 15.4. The number of aromatic nitrogens is 4. The Bertz CT molecular complexity index is 1120. The molecule has 4 rings (SSSR count). The molecule has 0 unspecified atom stereocenters. The van der Waals surface area contributed by atoms with E-state index in [1.54, 1.807) is 12.1 Å². The van der Waals surface area contributed by atoms with Crippen LogP contribution >= 0.6 is 23.4 Å². The summed E-state index contributed by atoms with van der Waals surface area (Å²) < 4.78 is 13.2. The largest absolute Gasteiger partial charge is 0.301 e. The lowest BCUT2D eigenvalue weighted by molar-refractivity contribution is 0.352. The van der Waals surface area contributed by atoms with Crippen molar-refractivity contribution in [3.05, 3.63) is 62.4 Å². The summed E-state index contributed by atoms with van der Waals surface area (Å²) in [4.78, 5) is 20.6. The lowest BCUT2D eigenvalue weighted by Gasteiger charge is -2.22. The van der Waals surface area contributed by atoms with Gasteiger partial charge in [0.2, 0.25) is 0 Å². The molecule has 1 aromatic carbocycles. The number of nitrogens with zero attached hydrogens (tertiary/aromatic N) is 2.